The van der Waals surface area contributed by atoms with Crippen LogP contribution in [0.3, 0.4) is 0 Å². The molecule has 0 aromatic heterocycles. The van der Waals surface area contributed by atoms with Gasteiger partial charge in [0.15, 0.2) is 0 Å². The van der Waals surface area contributed by atoms with E-state index in [9.17, 15) is 8.76 Å². The summed E-state index contributed by atoms with van der Waals surface area (Å²) in [7, 11) is -3.36. The first-order chi connectivity index (χ1) is 8.06. The van der Waals surface area contributed by atoms with Gasteiger partial charge in [0.05, 0.1) is 0 Å². The smallest absolute Gasteiger partial charge is 1.00 e. The first-order valence-electron chi connectivity index (χ1n) is 6.66. The second-order valence-corrected chi connectivity index (χ2v) is 8.03. The van der Waals surface area contributed by atoms with Crippen molar-refractivity contribution >= 4 is 22.8 Å². The van der Waals surface area contributed by atoms with Crippen molar-refractivity contribution in [3.05, 3.63) is 0 Å². The van der Waals surface area contributed by atoms with E-state index in [2.05, 4.69) is 11.1 Å². The van der Waals surface area contributed by atoms with Crippen molar-refractivity contribution in [2.24, 2.45) is 0 Å². The summed E-state index contributed by atoms with van der Waals surface area (Å²) in [6.07, 6.45) is 12.4. The third-order valence-electron chi connectivity index (χ3n) is 2.73. The first-order valence-corrected chi connectivity index (χ1v) is 10.1. The van der Waals surface area contributed by atoms with Crippen LogP contribution in [0.1, 0.15) is 71.1 Å². The second-order valence-electron chi connectivity index (χ2n) is 4.41. The van der Waals surface area contributed by atoms with Crippen LogP contribution in [0.15, 0.2) is 0 Å². The van der Waals surface area contributed by atoms with Gasteiger partial charge in [-0.05, 0) is 0 Å². The Bertz CT molecular complexity index is 258. The summed E-state index contributed by atoms with van der Waals surface area (Å²) in [5.74, 6) is 0. The van der Waals surface area contributed by atoms with Crippen LogP contribution in [0.2, 0.25) is 0 Å². The molecule has 0 bridgehead atoms. The van der Waals surface area contributed by atoms with Gasteiger partial charge in [-0.15, -0.1) is 0 Å². The second kappa shape index (κ2) is 15.6. The fourth-order valence-corrected chi connectivity index (χ4v) is 2.50. The number of unbranched alkanes of at least 4 members (excludes halogenated alkanes) is 9. The van der Waals surface area contributed by atoms with Crippen molar-refractivity contribution in [2.75, 3.05) is 6.61 Å². The molecular formula is C12H25KO3SSe. The SMILES string of the molecule is CCCCCCCCCCCCOS(=O)([O-])=[Se].[K+]. The van der Waals surface area contributed by atoms with Gasteiger partial charge in [-0.1, -0.05) is 13.3 Å². The Morgan fingerprint density at radius 1 is 0.944 bits per heavy atom. The van der Waals surface area contributed by atoms with Crippen molar-refractivity contribution in [3.8, 4) is 0 Å². The Labute approximate surface area is 162 Å². The maximum atomic E-state index is 10.6. The average molecular weight is 367 g/mol. The van der Waals surface area contributed by atoms with E-state index in [1.807, 2.05) is 14.4 Å². The first kappa shape index (κ1) is 22.5. The summed E-state index contributed by atoms with van der Waals surface area (Å²) in [6, 6.07) is 0. The van der Waals surface area contributed by atoms with Gasteiger partial charge in [0.25, 0.3) is 0 Å². The van der Waals surface area contributed by atoms with Crippen LogP contribution >= 0.6 is 0 Å². The van der Waals surface area contributed by atoms with Gasteiger partial charge in [-0.25, -0.2) is 0 Å². The number of hydrogen-bond donors (Lipinski definition) is 0. The molecule has 0 fully saturated rings. The van der Waals surface area contributed by atoms with Crippen LogP contribution < -0.4 is 51.4 Å². The summed E-state index contributed by atoms with van der Waals surface area (Å²) in [4.78, 5) is 0. The monoisotopic (exact) mass is 368 g/mol. The van der Waals surface area contributed by atoms with Crippen molar-refractivity contribution < 1.29 is 64.3 Å². The zero-order chi connectivity index (χ0) is 13.0. The van der Waals surface area contributed by atoms with Gasteiger partial charge < -0.3 is 0 Å². The van der Waals surface area contributed by atoms with Gasteiger partial charge in [0.2, 0.25) is 0 Å². The van der Waals surface area contributed by atoms with Crippen LogP contribution in [0.25, 0.3) is 0 Å². The molecule has 0 aliphatic heterocycles. The molecule has 0 aromatic carbocycles. The minimum Gasteiger partial charge on any atom is 1.00 e. The van der Waals surface area contributed by atoms with Gasteiger partial charge in [-0.3, -0.25) is 0 Å². The Morgan fingerprint density at radius 3 is 1.72 bits per heavy atom. The summed E-state index contributed by atoms with van der Waals surface area (Å²) < 4.78 is 25.8. The van der Waals surface area contributed by atoms with Crippen molar-refractivity contribution in [1.29, 1.82) is 0 Å². The van der Waals surface area contributed by atoms with Gasteiger partial charge in [0, 0.05) is 0 Å². The zero-order valence-corrected chi connectivity index (χ0v) is 17.5. The average Bonchev–Trinajstić information content (AvgIpc) is 2.24. The molecule has 0 heterocycles. The molecule has 0 saturated heterocycles. The Hall–Kier alpha value is 2.23. The van der Waals surface area contributed by atoms with E-state index in [0.717, 1.165) is 12.8 Å². The molecule has 0 rings (SSSR count). The minimum absolute atomic E-state index is 0. The maximum Gasteiger partial charge on any atom is 1.00 e. The largest absolute Gasteiger partial charge is 1.00 e. The molecule has 104 valence electrons. The third kappa shape index (κ3) is 20.5. The van der Waals surface area contributed by atoms with E-state index in [1.165, 1.54) is 51.4 Å². The van der Waals surface area contributed by atoms with E-state index in [1.54, 1.807) is 0 Å². The minimum atomic E-state index is -3.36. The van der Waals surface area contributed by atoms with Crippen molar-refractivity contribution in [2.45, 2.75) is 71.1 Å². The molecule has 0 aliphatic carbocycles. The van der Waals surface area contributed by atoms with Crippen LogP contribution in [0.5, 0.6) is 0 Å². The predicted octanol–water partition coefficient (Wildman–Crippen LogP) is 0.341. The molecule has 0 amide bonds. The topological polar surface area (TPSA) is 49.4 Å². The Balaban J connectivity index is 0. The normalized spacial score (nSPS) is 13.9. The Morgan fingerprint density at radius 2 is 1.33 bits per heavy atom. The van der Waals surface area contributed by atoms with Crippen LogP contribution in [-0.4, -0.2) is 29.8 Å². The Kier molecular flexibility index (Phi) is 19.5. The third-order valence-corrected chi connectivity index (χ3v) is 3.79. The molecule has 0 aliphatic rings. The molecule has 1 unspecified atom stereocenters. The fourth-order valence-electron chi connectivity index (χ4n) is 1.75. The van der Waals surface area contributed by atoms with E-state index in [-0.39, 0.29) is 51.4 Å². The molecule has 1 atom stereocenters. The summed E-state index contributed by atoms with van der Waals surface area (Å²) in [5, 5.41) is 0. The van der Waals surface area contributed by atoms with Crippen LogP contribution in [0, 0.1) is 0 Å². The summed E-state index contributed by atoms with van der Waals surface area (Å²) in [5.41, 5.74) is 0. The van der Waals surface area contributed by atoms with Gasteiger partial charge in [-0.2, -0.15) is 0 Å². The van der Waals surface area contributed by atoms with E-state index < -0.39 is 8.42 Å². The summed E-state index contributed by atoms with van der Waals surface area (Å²) >= 11 is 2.00. The zero-order valence-electron chi connectivity index (χ0n) is 11.8. The molecule has 0 aromatic rings. The maximum absolute atomic E-state index is 10.6. The van der Waals surface area contributed by atoms with E-state index in [4.69, 9.17) is 0 Å². The standard InChI is InChI=1S/C12H26O3SSe.K/c1-2-3-4-5-6-7-8-9-10-11-12-15-16(13,14)17;/h2-12H2,1H3,(H,13,14,17);/q;+1/p-1. The molecule has 3 nitrogen and oxygen atoms in total. The number of rotatable bonds is 12. The fraction of sp³-hybridized carbons (Fsp3) is 1.00. The number of hydrogen-bond acceptors (Lipinski definition) is 3. The molecule has 6 heteroatoms. The molecule has 18 heavy (non-hydrogen) atoms. The van der Waals surface area contributed by atoms with Crippen LogP contribution in [0.4, 0.5) is 0 Å². The summed E-state index contributed by atoms with van der Waals surface area (Å²) in [6.45, 7) is 2.54. The van der Waals surface area contributed by atoms with E-state index >= 15 is 0 Å². The molecular weight excluding hydrogens is 342 g/mol. The molecule has 0 saturated carbocycles. The molecule has 0 radical (unpaired) electrons. The molecule has 0 spiro atoms. The van der Waals surface area contributed by atoms with Crippen molar-refractivity contribution in [3.63, 3.8) is 0 Å². The quantitative estimate of drug-likeness (QED) is 0.369. The van der Waals surface area contributed by atoms with E-state index in [0.29, 0.717) is 6.61 Å². The van der Waals surface area contributed by atoms with Crippen molar-refractivity contribution in [1.82, 2.24) is 0 Å². The van der Waals surface area contributed by atoms with Gasteiger partial charge in [0.1, 0.15) is 0 Å². The van der Waals surface area contributed by atoms with Gasteiger partial charge >= 0.3 is 152 Å². The van der Waals surface area contributed by atoms with Crippen LogP contribution in [-0.2, 0) is 12.6 Å². The molecule has 0 N–H and O–H groups in total. The predicted molar refractivity (Wildman–Crippen MR) is 72.5 cm³/mol.